The van der Waals surface area contributed by atoms with Crippen LogP contribution in [0.3, 0.4) is 0 Å². The Bertz CT molecular complexity index is 397. The van der Waals surface area contributed by atoms with Gasteiger partial charge in [-0.25, -0.2) is 4.98 Å². The van der Waals surface area contributed by atoms with Crippen LogP contribution in [0.1, 0.15) is 41.1 Å². The highest BCUT2D eigenvalue weighted by Gasteiger charge is 2.27. The van der Waals surface area contributed by atoms with Crippen molar-refractivity contribution in [2.45, 2.75) is 46.3 Å². The van der Waals surface area contributed by atoms with E-state index in [2.05, 4.69) is 10.3 Å². The van der Waals surface area contributed by atoms with Crippen LogP contribution in [0.25, 0.3) is 0 Å². The van der Waals surface area contributed by atoms with Gasteiger partial charge in [-0.3, -0.25) is 4.79 Å². The number of carbonyl (C=O) groups excluding carboxylic acids is 1. The molecule has 0 saturated heterocycles. The van der Waals surface area contributed by atoms with Crippen LogP contribution in [0.5, 0.6) is 0 Å². The van der Waals surface area contributed by atoms with Crippen molar-refractivity contribution in [3.8, 4) is 0 Å². The van der Waals surface area contributed by atoms with Crippen LogP contribution >= 0.6 is 11.3 Å². The maximum atomic E-state index is 11.9. The number of thiazole rings is 1. The third-order valence-electron chi connectivity index (χ3n) is 2.59. The van der Waals surface area contributed by atoms with Gasteiger partial charge in [0.1, 0.15) is 4.88 Å². The molecule has 0 saturated carbocycles. The van der Waals surface area contributed by atoms with Crippen molar-refractivity contribution in [1.29, 1.82) is 0 Å². The maximum Gasteiger partial charge on any atom is 0.263 e. The largest absolute Gasteiger partial charge is 0.391 e. The standard InChI is InChI=1S/C11H18N2O2S/c1-6-9(16-8(3)12-6)10(15)13-11(4,5)7(2)14/h7,14H,1-5H3,(H,13,15). The highest BCUT2D eigenvalue weighted by atomic mass is 32.1. The van der Waals surface area contributed by atoms with Gasteiger partial charge in [-0.1, -0.05) is 0 Å². The maximum absolute atomic E-state index is 11.9. The molecule has 1 aromatic rings. The van der Waals surface area contributed by atoms with Crippen molar-refractivity contribution in [1.82, 2.24) is 10.3 Å². The first kappa shape index (κ1) is 13.1. The Morgan fingerprint density at radius 1 is 1.50 bits per heavy atom. The van der Waals surface area contributed by atoms with Crippen LogP contribution in [-0.4, -0.2) is 27.6 Å². The SMILES string of the molecule is Cc1nc(C)c(C(=O)NC(C)(C)C(C)O)s1. The van der Waals surface area contributed by atoms with Gasteiger partial charge in [0.05, 0.1) is 22.3 Å². The van der Waals surface area contributed by atoms with Gasteiger partial charge < -0.3 is 10.4 Å². The van der Waals surface area contributed by atoms with Crippen LogP contribution in [0, 0.1) is 13.8 Å². The fraction of sp³-hybridized carbons (Fsp3) is 0.636. The first-order valence-electron chi connectivity index (χ1n) is 5.18. The summed E-state index contributed by atoms with van der Waals surface area (Å²) in [6.45, 7) is 8.92. The zero-order valence-corrected chi connectivity index (χ0v) is 11.1. The summed E-state index contributed by atoms with van der Waals surface area (Å²) in [7, 11) is 0. The monoisotopic (exact) mass is 242 g/mol. The van der Waals surface area contributed by atoms with E-state index < -0.39 is 11.6 Å². The number of nitrogens with zero attached hydrogens (tertiary/aromatic N) is 1. The van der Waals surface area contributed by atoms with Crippen LogP contribution in [0.2, 0.25) is 0 Å². The summed E-state index contributed by atoms with van der Waals surface area (Å²) < 4.78 is 0. The topological polar surface area (TPSA) is 62.2 Å². The molecule has 0 aromatic carbocycles. The molecule has 90 valence electrons. The van der Waals surface area contributed by atoms with E-state index in [0.29, 0.717) is 4.88 Å². The average molecular weight is 242 g/mol. The number of amides is 1. The molecule has 0 aliphatic carbocycles. The highest BCUT2D eigenvalue weighted by Crippen LogP contribution is 2.18. The van der Waals surface area contributed by atoms with Crippen LogP contribution in [0.15, 0.2) is 0 Å². The summed E-state index contributed by atoms with van der Waals surface area (Å²) >= 11 is 1.37. The minimum absolute atomic E-state index is 0.172. The number of rotatable bonds is 3. The lowest BCUT2D eigenvalue weighted by atomic mass is 9.99. The van der Waals surface area contributed by atoms with Crippen LogP contribution in [-0.2, 0) is 0 Å². The number of aliphatic hydroxyl groups excluding tert-OH is 1. The summed E-state index contributed by atoms with van der Waals surface area (Å²) in [5.74, 6) is -0.172. The molecular formula is C11H18N2O2S. The van der Waals surface area contributed by atoms with Gasteiger partial charge in [0, 0.05) is 0 Å². The molecule has 1 aromatic heterocycles. The number of carbonyl (C=O) groups is 1. The molecule has 0 aliphatic rings. The van der Waals surface area contributed by atoms with Crippen molar-refractivity contribution in [3.63, 3.8) is 0 Å². The summed E-state index contributed by atoms with van der Waals surface area (Å²) in [6.07, 6.45) is -0.606. The fourth-order valence-corrected chi connectivity index (χ4v) is 2.01. The number of hydrogen-bond donors (Lipinski definition) is 2. The summed E-state index contributed by atoms with van der Waals surface area (Å²) in [4.78, 5) is 16.8. The van der Waals surface area contributed by atoms with Gasteiger partial charge in [-0.2, -0.15) is 0 Å². The second-order valence-electron chi connectivity index (χ2n) is 4.50. The second kappa shape index (κ2) is 4.51. The Kier molecular flexibility index (Phi) is 3.70. The highest BCUT2D eigenvalue weighted by molar-refractivity contribution is 7.13. The smallest absolute Gasteiger partial charge is 0.263 e. The zero-order valence-electron chi connectivity index (χ0n) is 10.3. The molecule has 0 aliphatic heterocycles. The van der Waals surface area contributed by atoms with Gasteiger partial charge >= 0.3 is 0 Å². The normalized spacial score (nSPS) is 13.6. The van der Waals surface area contributed by atoms with E-state index in [1.165, 1.54) is 11.3 Å². The number of hydrogen-bond acceptors (Lipinski definition) is 4. The Morgan fingerprint density at radius 3 is 2.44 bits per heavy atom. The van der Waals surface area contributed by atoms with Gasteiger partial charge in [0.15, 0.2) is 0 Å². The molecule has 1 atom stereocenters. The number of aryl methyl sites for hydroxylation is 2. The average Bonchev–Trinajstić information content (AvgIpc) is 2.44. The quantitative estimate of drug-likeness (QED) is 0.847. The third kappa shape index (κ3) is 2.80. The van der Waals surface area contributed by atoms with E-state index in [-0.39, 0.29) is 5.91 Å². The second-order valence-corrected chi connectivity index (χ2v) is 5.70. The zero-order chi connectivity index (χ0) is 12.5. The lowest BCUT2D eigenvalue weighted by Gasteiger charge is -2.29. The molecule has 5 heteroatoms. The lowest BCUT2D eigenvalue weighted by molar-refractivity contribution is 0.0712. The molecule has 0 spiro atoms. The predicted octanol–water partition coefficient (Wildman–Crippen LogP) is 1.65. The number of nitrogens with one attached hydrogen (secondary N) is 1. The summed E-state index contributed by atoms with van der Waals surface area (Å²) in [5.41, 5.74) is 0.0999. The minimum Gasteiger partial charge on any atom is -0.391 e. The lowest BCUT2D eigenvalue weighted by Crippen LogP contribution is -2.50. The van der Waals surface area contributed by atoms with Crippen molar-refractivity contribution in [3.05, 3.63) is 15.6 Å². The molecule has 2 N–H and O–H groups in total. The van der Waals surface area contributed by atoms with E-state index in [1.54, 1.807) is 20.8 Å². The van der Waals surface area contributed by atoms with E-state index in [9.17, 15) is 9.90 Å². The van der Waals surface area contributed by atoms with Gasteiger partial charge in [0.25, 0.3) is 5.91 Å². The van der Waals surface area contributed by atoms with Gasteiger partial charge in [-0.15, -0.1) is 11.3 Å². The molecule has 0 radical (unpaired) electrons. The van der Waals surface area contributed by atoms with E-state index in [1.807, 2.05) is 13.8 Å². The van der Waals surface area contributed by atoms with Crippen molar-refractivity contribution in [2.75, 3.05) is 0 Å². The molecule has 16 heavy (non-hydrogen) atoms. The fourth-order valence-electron chi connectivity index (χ4n) is 1.20. The molecule has 4 nitrogen and oxygen atoms in total. The van der Waals surface area contributed by atoms with E-state index in [4.69, 9.17) is 0 Å². The first-order chi connectivity index (χ1) is 7.24. The molecule has 0 bridgehead atoms. The van der Waals surface area contributed by atoms with E-state index in [0.717, 1.165) is 10.7 Å². The van der Waals surface area contributed by atoms with Crippen molar-refractivity contribution >= 4 is 17.2 Å². The Balaban J connectivity index is 2.85. The third-order valence-corrected chi connectivity index (χ3v) is 3.66. The minimum atomic E-state index is -0.637. The molecule has 0 fully saturated rings. The molecular weight excluding hydrogens is 224 g/mol. The van der Waals surface area contributed by atoms with Crippen molar-refractivity contribution in [2.24, 2.45) is 0 Å². The van der Waals surface area contributed by atoms with E-state index >= 15 is 0 Å². The number of aliphatic hydroxyl groups is 1. The van der Waals surface area contributed by atoms with Crippen LogP contribution < -0.4 is 5.32 Å². The van der Waals surface area contributed by atoms with Gasteiger partial charge in [-0.05, 0) is 34.6 Å². The predicted molar refractivity (Wildman–Crippen MR) is 64.8 cm³/mol. The molecule has 1 unspecified atom stereocenters. The number of aromatic nitrogens is 1. The Morgan fingerprint density at radius 2 is 2.06 bits per heavy atom. The van der Waals surface area contributed by atoms with Gasteiger partial charge in [0.2, 0.25) is 0 Å². The Labute approximate surface area is 99.7 Å². The van der Waals surface area contributed by atoms with Crippen molar-refractivity contribution < 1.29 is 9.90 Å². The summed E-state index contributed by atoms with van der Waals surface area (Å²) in [5, 5.41) is 13.2. The first-order valence-corrected chi connectivity index (χ1v) is 6.00. The molecule has 1 heterocycles. The summed E-state index contributed by atoms with van der Waals surface area (Å²) in [6, 6.07) is 0. The molecule has 1 amide bonds. The van der Waals surface area contributed by atoms with Crippen LogP contribution in [0.4, 0.5) is 0 Å². The Hall–Kier alpha value is -0.940. The molecule has 1 rings (SSSR count).